The standard InChI is InChI=1S/C31H28FN3O2S/c1-20-25(23-11-3-6-14-27(23)35(20)19-21-9-2-5-13-26(21)32)18-34-31-29(24-12-4-7-15-28(24)38-31)30(36)33-17-22-10-8-16-37-22/h2-3,5-6,8-11,13-14,16,18H,4,7,12,15,17,19H2,1H3,(H,33,36). The zero-order chi connectivity index (χ0) is 26.1. The number of aliphatic imine (C=N–C) groups is 1. The van der Waals surface area contributed by atoms with Gasteiger partial charge in [-0.3, -0.25) is 4.79 Å². The van der Waals surface area contributed by atoms with Crippen molar-refractivity contribution in [1.29, 1.82) is 0 Å². The molecule has 2 aromatic carbocycles. The third kappa shape index (κ3) is 4.58. The summed E-state index contributed by atoms with van der Waals surface area (Å²) in [6, 6.07) is 18.7. The molecule has 1 N–H and O–H groups in total. The van der Waals surface area contributed by atoms with Gasteiger partial charge in [-0.25, -0.2) is 9.38 Å². The SMILES string of the molecule is Cc1c(C=Nc2sc3c(c2C(=O)NCc2ccco2)CCCC3)c2ccccc2n1Cc1ccccc1F. The van der Waals surface area contributed by atoms with Crippen molar-refractivity contribution in [3.8, 4) is 0 Å². The fourth-order valence-electron chi connectivity index (χ4n) is 5.29. The number of para-hydroxylation sites is 1. The van der Waals surface area contributed by atoms with Crippen LogP contribution in [-0.4, -0.2) is 16.7 Å². The Bertz CT molecular complexity index is 1650. The first kappa shape index (κ1) is 24.4. The summed E-state index contributed by atoms with van der Waals surface area (Å²) in [7, 11) is 0. The number of hydrogen-bond donors (Lipinski definition) is 1. The summed E-state index contributed by atoms with van der Waals surface area (Å²) in [5.74, 6) is 0.381. The van der Waals surface area contributed by atoms with E-state index in [4.69, 9.17) is 9.41 Å². The molecule has 1 aliphatic carbocycles. The van der Waals surface area contributed by atoms with Crippen molar-refractivity contribution in [2.24, 2.45) is 4.99 Å². The van der Waals surface area contributed by atoms with Crippen LogP contribution in [0.1, 0.15) is 56.2 Å². The molecule has 192 valence electrons. The molecule has 0 atom stereocenters. The lowest BCUT2D eigenvalue weighted by Crippen LogP contribution is -2.23. The normalized spacial score (nSPS) is 13.3. The van der Waals surface area contributed by atoms with Gasteiger partial charge in [-0.2, -0.15) is 0 Å². The molecule has 3 aromatic heterocycles. The predicted octanol–water partition coefficient (Wildman–Crippen LogP) is 7.35. The number of aryl methyl sites for hydroxylation is 1. The Morgan fingerprint density at radius 1 is 1.11 bits per heavy atom. The number of hydrogen-bond acceptors (Lipinski definition) is 4. The summed E-state index contributed by atoms with van der Waals surface area (Å²) in [5.41, 5.74) is 5.45. The summed E-state index contributed by atoms with van der Waals surface area (Å²) < 4.78 is 22.0. The summed E-state index contributed by atoms with van der Waals surface area (Å²) in [6.07, 6.45) is 7.56. The average Bonchev–Trinajstić information content (AvgIpc) is 3.65. The Hall–Kier alpha value is -3.97. The highest BCUT2D eigenvalue weighted by Gasteiger charge is 2.25. The number of rotatable bonds is 7. The van der Waals surface area contributed by atoms with Crippen LogP contribution in [0.25, 0.3) is 10.9 Å². The molecule has 7 heteroatoms. The Balaban J connectivity index is 1.37. The van der Waals surface area contributed by atoms with Crippen molar-refractivity contribution < 1.29 is 13.6 Å². The van der Waals surface area contributed by atoms with Crippen LogP contribution >= 0.6 is 11.3 Å². The largest absolute Gasteiger partial charge is 0.467 e. The Kier molecular flexibility index (Phi) is 6.68. The number of thiophene rings is 1. The number of nitrogens with one attached hydrogen (secondary N) is 1. The molecule has 0 saturated heterocycles. The number of aromatic nitrogens is 1. The number of amides is 1. The molecule has 0 bridgehead atoms. The van der Waals surface area contributed by atoms with Crippen LogP contribution in [0.4, 0.5) is 9.39 Å². The lowest BCUT2D eigenvalue weighted by molar-refractivity contribution is 0.0948. The van der Waals surface area contributed by atoms with E-state index in [9.17, 15) is 9.18 Å². The number of carbonyl (C=O) groups excluding carboxylic acids is 1. The number of halogens is 1. The highest BCUT2D eigenvalue weighted by atomic mass is 32.1. The van der Waals surface area contributed by atoms with E-state index in [0.717, 1.165) is 58.4 Å². The molecule has 0 saturated carbocycles. The van der Waals surface area contributed by atoms with Crippen LogP contribution in [-0.2, 0) is 25.9 Å². The molecule has 0 spiro atoms. The Morgan fingerprint density at radius 2 is 1.92 bits per heavy atom. The molecular formula is C31H28FN3O2S. The van der Waals surface area contributed by atoms with E-state index in [0.29, 0.717) is 30.0 Å². The third-order valence-electron chi connectivity index (χ3n) is 7.26. The monoisotopic (exact) mass is 525 g/mol. The molecule has 3 heterocycles. The molecule has 0 aliphatic heterocycles. The van der Waals surface area contributed by atoms with Gasteiger partial charge < -0.3 is 14.3 Å². The van der Waals surface area contributed by atoms with E-state index in [-0.39, 0.29) is 11.7 Å². The van der Waals surface area contributed by atoms with Gasteiger partial charge in [-0.15, -0.1) is 11.3 Å². The lowest BCUT2D eigenvalue weighted by atomic mass is 9.95. The molecular weight excluding hydrogens is 497 g/mol. The first-order valence-electron chi connectivity index (χ1n) is 12.9. The van der Waals surface area contributed by atoms with Gasteiger partial charge in [0.2, 0.25) is 0 Å². The molecule has 6 rings (SSSR count). The molecule has 1 amide bonds. The second-order valence-electron chi connectivity index (χ2n) is 9.61. The van der Waals surface area contributed by atoms with Crippen molar-refractivity contribution in [2.75, 3.05) is 0 Å². The lowest BCUT2D eigenvalue weighted by Gasteiger charge is -2.12. The van der Waals surface area contributed by atoms with Crippen molar-refractivity contribution >= 4 is 39.4 Å². The zero-order valence-corrected chi connectivity index (χ0v) is 22.0. The maximum Gasteiger partial charge on any atom is 0.255 e. The second kappa shape index (κ2) is 10.4. The number of benzene rings is 2. The number of fused-ring (bicyclic) bond motifs is 2. The van der Waals surface area contributed by atoms with Gasteiger partial charge in [0.05, 0.1) is 24.9 Å². The minimum atomic E-state index is -0.214. The third-order valence-corrected chi connectivity index (χ3v) is 8.46. The number of carbonyl (C=O) groups is 1. The highest BCUT2D eigenvalue weighted by Crippen LogP contribution is 2.40. The molecule has 5 aromatic rings. The van der Waals surface area contributed by atoms with Gasteiger partial charge in [0, 0.05) is 38.8 Å². The van der Waals surface area contributed by atoms with E-state index in [2.05, 4.69) is 22.0 Å². The Morgan fingerprint density at radius 3 is 2.76 bits per heavy atom. The summed E-state index contributed by atoms with van der Waals surface area (Å²) in [6.45, 7) is 2.81. The van der Waals surface area contributed by atoms with Gasteiger partial charge in [0.1, 0.15) is 16.6 Å². The first-order chi connectivity index (χ1) is 18.6. The van der Waals surface area contributed by atoms with E-state index < -0.39 is 0 Å². The quantitative estimate of drug-likeness (QED) is 0.226. The fourth-order valence-corrected chi connectivity index (χ4v) is 6.52. The van der Waals surface area contributed by atoms with Crippen molar-refractivity contribution in [1.82, 2.24) is 9.88 Å². The van der Waals surface area contributed by atoms with Gasteiger partial charge >= 0.3 is 0 Å². The number of furan rings is 1. The van der Waals surface area contributed by atoms with Gasteiger partial charge in [-0.05, 0) is 62.4 Å². The van der Waals surface area contributed by atoms with Crippen molar-refractivity contribution in [3.05, 3.63) is 111 Å². The molecule has 38 heavy (non-hydrogen) atoms. The minimum absolute atomic E-state index is 0.119. The maximum atomic E-state index is 14.5. The van der Waals surface area contributed by atoms with Crippen LogP contribution in [0.5, 0.6) is 0 Å². The number of nitrogens with zero attached hydrogens (tertiary/aromatic N) is 2. The van der Waals surface area contributed by atoms with Gasteiger partial charge in [0.15, 0.2) is 0 Å². The highest BCUT2D eigenvalue weighted by molar-refractivity contribution is 7.16. The Labute approximate surface area is 224 Å². The molecule has 0 fully saturated rings. The molecule has 0 unspecified atom stereocenters. The minimum Gasteiger partial charge on any atom is -0.467 e. The van der Waals surface area contributed by atoms with E-state index >= 15 is 0 Å². The molecule has 5 nitrogen and oxygen atoms in total. The van der Waals surface area contributed by atoms with Gasteiger partial charge in [0.25, 0.3) is 5.91 Å². The molecule has 0 radical (unpaired) electrons. The predicted molar refractivity (Wildman–Crippen MR) is 150 cm³/mol. The van der Waals surface area contributed by atoms with E-state index in [1.165, 1.54) is 10.9 Å². The topological polar surface area (TPSA) is 59.5 Å². The van der Waals surface area contributed by atoms with Crippen LogP contribution in [0, 0.1) is 12.7 Å². The average molecular weight is 526 g/mol. The fraction of sp³-hybridized carbons (Fsp3) is 0.226. The van der Waals surface area contributed by atoms with Gasteiger partial charge in [-0.1, -0.05) is 36.4 Å². The van der Waals surface area contributed by atoms with Crippen LogP contribution in [0.15, 0.2) is 76.3 Å². The maximum absolute atomic E-state index is 14.5. The smallest absolute Gasteiger partial charge is 0.255 e. The summed E-state index contributed by atoms with van der Waals surface area (Å²) >= 11 is 1.62. The van der Waals surface area contributed by atoms with Crippen molar-refractivity contribution in [3.63, 3.8) is 0 Å². The molecule has 1 aliphatic rings. The van der Waals surface area contributed by atoms with Crippen LogP contribution in [0.2, 0.25) is 0 Å². The second-order valence-corrected chi connectivity index (χ2v) is 10.7. The van der Waals surface area contributed by atoms with E-state index in [1.54, 1.807) is 23.7 Å². The van der Waals surface area contributed by atoms with Crippen LogP contribution < -0.4 is 5.32 Å². The zero-order valence-electron chi connectivity index (χ0n) is 21.2. The summed E-state index contributed by atoms with van der Waals surface area (Å²) in [4.78, 5) is 19.5. The van der Waals surface area contributed by atoms with E-state index in [1.807, 2.05) is 49.5 Å². The first-order valence-corrected chi connectivity index (χ1v) is 13.7. The van der Waals surface area contributed by atoms with Crippen LogP contribution in [0.3, 0.4) is 0 Å². The summed E-state index contributed by atoms with van der Waals surface area (Å²) in [5, 5.41) is 4.80. The van der Waals surface area contributed by atoms with Crippen molar-refractivity contribution in [2.45, 2.75) is 45.7 Å².